The Morgan fingerprint density at radius 1 is 1.11 bits per heavy atom. The first kappa shape index (κ1) is 13.5. The van der Waals surface area contributed by atoms with Gasteiger partial charge in [-0.25, -0.2) is 0 Å². The minimum absolute atomic E-state index is 0.115. The quantitative estimate of drug-likeness (QED) is 0.474. The van der Waals surface area contributed by atoms with E-state index in [9.17, 15) is 15.0 Å². The molecule has 0 unspecified atom stereocenters. The Bertz CT molecular complexity index is 516. The van der Waals surface area contributed by atoms with Crippen molar-refractivity contribution in [3.8, 4) is 11.5 Å². The number of phenolic OH excluding ortho intramolecular Hbond substituents is 2. The highest BCUT2D eigenvalue weighted by Crippen LogP contribution is 2.26. The van der Waals surface area contributed by atoms with Crippen molar-refractivity contribution < 1.29 is 15.0 Å². The SMILES string of the molecule is C=C/C=C(C=C)/C=C/C(=O)c1c(O)cccc1O. The standard InChI is InChI=1S/C15H14O3/c1-3-6-11(4-2)9-10-14(18)15-12(16)7-5-8-13(15)17/h3-10,16-17H,1-2H2/b10-9+,11-6+. The van der Waals surface area contributed by atoms with Gasteiger partial charge < -0.3 is 10.2 Å². The molecule has 0 aliphatic carbocycles. The molecule has 0 aliphatic rings. The van der Waals surface area contributed by atoms with Gasteiger partial charge in [0.05, 0.1) is 0 Å². The number of allylic oxidation sites excluding steroid dienone is 6. The van der Waals surface area contributed by atoms with E-state index in [4.69, 9.17) is 0 Å². The largest absolute Gasteiger partial charge is 0.507 e. The molecule has 1 aromatic carbocycles. The lowest BCUT2D eigenvalue weighted by Crippen LogP contribution is -1.95. The summed E-state index contributed by atoms with van der Waals surface area (Å²) in [5, 5.41) is 19.0. The van der Waals surface area contributed by atoms with Gasteiger partial charge in [0.2, 0.25) is 0 Å². The van der Waals surface area contributed by atoms with Crippen molar-refractivity contribution in [2.45, 2.75) is 0 Å². The molecular formula is C15H14O3. The van der Waals surface area contributed by atoms with Crippen molar-refractivity contribution in [1.29, 1.82) is 0 Å². The first-order chi connectivity index (χ1) is 8.60. The fraction of sp³-hybridized carbons (Fsp3) is 0. The molecule has 0 spiro atoms. The molecule has 0 atom stereocenters. The summed E-state index contributed by atoms with van der Waals surface area (Å²) < 4.78 is 0. The molecule has 2 N–H and O–H groups in total. The first-order valence-electron chi connectivity index (χ1n) is 5.28. The van der Waals surface area contributed by atoms with Gasteiger partial charge in [-0.3, -0.25) is 4.79 Å². The van der Waals surface area contributed by atoms with E-state index in [0.29, 0.717) is 5.57 Å². The summed E-state index contributed by atoms with van der Waals surface area (Å²) in [5.74, 6) is -0.989. The average molecular weight is 242 g/mol. The summed E-state index contributed by atoms with van der Waals surface area (Å²) in [6.07, 6.45) is 7.61. The topological polar surface area (TPSA) is 57.5 Å². The minimum Gasteiger partial charge on any atom is -0.507 e. The van der Waals surface area contributed by atoms with E-state index in [-0.39, 0.29) is 17.1 Å². The second-order valence-corrected chi connectivity index (χ2v) is 3.48. The number of carbonyl (C=O) groups excluding carboxylic acids is 1. The number of carbonyl (C=O) groups is 1. The van der Waals surface area contributed by atoms with Gasteiger partial charge in [0.1, 0.15) is 17.1 Å². The highest BCUT2D eigenvalue weighted by atomic mass is 16.3. The zero-order valence-electron chi connectivity index (χ0n) is 9.84. The molecule has 0 amide bonds. The molecule has 0 bridgehead atoms. The number of ketones is 1. The molecule has 18 heavy (non-hydrogen) atoms. The van der Waals surface area contributed by atoms with Crippen molar-refractivity contribution in [3.63, 3.8) is 0 Å². The van der Waals surface area contributed by atoms with E-state index < -0.39 is 5.78 Å². The molecule has 0 aromatic heterocycles. The molecule has 0 saturated carbocycles. The predicted molar refractivity (Wildman–Crippen MR) is 71.7 cm³/mol. The monoisotopic (exact) mass is 242 g/mol. The molecular weight excluding hydrogens is 228 g/mol. The van der Waals surface area contributed by atoms with E-state index in [1.165, 1.54) is 30.4 Å². The molecule has 0 saturated heterocycles. The molecule has 3 heteroatoms. The summed E-state index contributed by atoms with van der Waals surface area (Å²) in [5.41, 5.74) is 0.587. The van der Waals surface area contributed by atoms with Crippen LogP contribution >= 0.6 is 0 Å². The molecule has 3 nitrogen and oxygen atoms in total. The van der Waals surface area contributed by atoms with Crippen LogP contribution in [-0.2, 0) is 0 Å². The first-order valence-corrected chi connectivity index (χ1v) is 5.28. The van der Waals surface area contributed by atoms with Crippen LogP contribution in [-0.4, -0.2) is 16.0 Å². The maximum Gasteiger partial charge on any atom is 0.193 e. The van der Waals surface area contributed by atoms with Crippen LogP contribution in [0, 0.1) is 0 Å². The van der Waals surface area contributed by atoms with Crippen molar-refractivity contribution in [1.82, 2.24) is 0 Å². The van der Waals surface area contributed by atoms with Crippen LogP contribution in [0.5, 0.6) is 11.5 Å². The molecule has 0 fully saturated rings. The van der Waals surface area contributed by atoms with Crippen molar-refractivity contribution >= 4 is 5.78 Å². The number of rotatable bonds is 5. The molecule has 1 rings (SSSR count). The Kier molecular flexibility index (Phi) is 4.69. The maximum absolute atomic E-state index is 11.8. The van der Waals surface area contributed by atoms with Crippen LogP contribution in [0.15, 0.2) is 67.3 Å². The van der Waals surface area contributed by atoms with Gasteiger partial charge in [-0.05, 0) is 23.8 Å². The number of benzene rings is 1. The smallest absolute Gasteiger partial charge is 0.193 e. The van der Waals surface area contributed by atoms with Gasteiger partial charge in [-0.15, -0.1) is 0 Å². The predicted octanol–water partition coefficient (Wildman–Crippen LogP) is 3.14. The second-order valence-electron chi connectivity index (χ2n) is 3.48. The fourth-order valence-electron chi connectivity index (χ4n) is 1.36. The van der Waals surface area contributed by atoms with Gasteiger partial charge in [-0.1, -0.05) is 43.5 Å². The Hall–Kier alpha value is -2.55. The van der Waals surface area contributed by atoms with Crippen LogP contribution in [0.1, 0.15) is 10.4 Å². The van der Waals surface area contributed by atoms with Crippen molar-refractivity contribution in [2.24, 2.45) is 0 Å². The Balaban J connectivity index is 3.02. The molecule has 1 aromatic rings. The zero-order valence-corrected chi connectivity index (χ0v) is 9.84. The van der Waals surface area contributed by atoms with Crippen LogP contribution < -0.4 is 0 Å². The van der Waals surface area contributed by atoms with E-state index in [2.05, 4.69) is 13.2 Å². The summed E-state index contributed by atoms with van der Waals surface area (Å²) in [7, 11) is 0. The lowest BCUT2D eigenvalue weighted by atomic mass is 10.1. The number of aromatic hydroxyl groups is 2. The highest BCUT2D eigenvalue weighted by molar-refractivity contribution is 6.08. The van der Waals surface area contributed by atoms with Crippen LogP contribution in [0.4, 0.5) is 0 Å². The molecule has 0 radical (unpaired) electrons. The second kappa shape index (κ2) is 6.25. The minimum atomic E-state index is -0.484. The van der Waals surface area contributed by atoms with Crippen LogP contribution in [0.2, 0.25) is 0 Å². The molecule has 92 valence electrons. The third-order valence-corrected chi connectivity index (χ3v) is 2.24. The van der Waals surface area contributed by atoms with E-state index in [1.807, 2.05) is 0 Å². The zero-order chi connectivity index (χ0) is 13.5. The van der Waals surface area contributed by atoms with E-state index in [1.54, 1.807) is 18.2 Å². The van der Waals surface area contributed by atoms with Crippen LogP contribution in [0.25, 0.3) is 0 Å². The van der Waals surface area contributed by atoms with Gasteiger partial charge in [0.25, 0.3) is 0 Å². The number of hydrogen-bond donors (Lipinski definition) is 2. The fourth-order valence-corrected chi connectivity index (χ4v) is 1.36. The lowest BCUT2D eigenvalue weighted by Gasteiger charge is -2.02. The van der Waals surface area contributed by atoms with Crippen LogP contribution in [0.3, 0.4) is 0 Å². The summed E-state index contributed by atoms with van der Waals surface area (Å²) in [4.78, 5) is 11.8. The lowest BCUT2D eigenvalue weighted by molar-refractivity contribution is 0.104. The highest BCUT2D eigenvalue weighted by Gasteiger charge is 2.12. The third kappa shape index (κ3) is 3.22. The van der Waals surface area contributed by atoms with Gasteiger partial charge >= 0.3 is 0 Å². The van der Waals surface area contributed by atoms with Gasteiger partial charge in [0.15, 0.2) is 5.78 Å². The average Bonchev–Trinajstić information content (AvgIpc) is 2.34. The Morgan fingerprint density at radius 3 is 2.22 bits per heavy atom. The maximum atomic E-state index is 11.8. The van der Waals surface area contributed by atoms with Crippen molar-refractivity contribution in [3.05, 3.63) is 72.9 Å². The number of phenols is 2. The normalized spacial score (nSPS) is 11.4. The molecule has 0 heterocycles. The van der Waals surface area contributed by atoms with E-state index in [0.717, 1.165) is 0 Å². The van der Waals surface area contributed by atoms with Crippen molar-refractivity contribution in [2.75, 3.05) is 0 Å². The molecule has 0 aliphatic heterocycles. The van der Waals surface area contributed by atoms with Gasteiger partial charge in [0, 0.05) is 0 Å². The third-order valence-electron chi connectivity index (χ3n) is 2.24. The van der Waals surface area contributed by atoms with E-state index >= 15 is 0 Å². The summed E-state index contributed by atoms with van der Waals surface area (Å²) in [6, 6.07) is 4.14. The summed E-state index contributed by atoms with van der Waals surface area (Å²) >= 11 is 0. The Labute approximate surface area is 106 Å². The van der Waals surface area contributed by atoms with Gasteiger partial charge in [-0.2, -0.15) is 0 Å². The Morgan fingerprint density at radius 2 is 1.72 bits per heavy atom. The number of hydrogen-bond acceptors (Lipinski definition) is 3. The summed E-state index contributed by atoms with van der Waals surface area (Å²) in [6.45, 7) is 7.13.